The van der Waals surface area contributed by atoms with Gasteiger partial charge in [0.15, 0.2) is 12.4 Å². The van der Waals surface area contributed by atoms with Crippen LogP contribution in [0.15, 0.2) is 42.5 Å². The minimum atomic E-state index is -0.764. The number of ether oxygens (including phenoxy) is 4. The minimum Gasteiger partial charge on any atom is -0.467 e. The van der Waals surface area contributed by atoms with E-state index in [9.17, 15) is 4.79 Å². The first kappa shape index (κ1) is 14.7. The molecule has 0 aliphatic carbocycles. The van der Waals surface area contributed by atoms with Crippen LogP contribution in [-0.2, 0) is 23.7 Å². The van der Waals surface area contributed by atoms with E-state index >= 15 is 0 Å². The molecule has 0 saturated carbocycles. The highest BCUT2D eigenvalue weighted by Crippen LogP contribution is 2.33. The molecule has 0 N–H and O–H groups in total. The van der Waals surface area contributed by atoms with Crippen LogP contribution in [0.3, 0.4) is 0 Å². The van der Waals surface area contributed by atoms with Gasteiger partial charge >= 0.3 is 5.97 Å². The van der Waals surface area contributed by atoms with Gasteiger partial charge in [0.1, 0.15) is 6.10 Å². The fourth-order valence-electron chi connectivity index (χ4n) is 2.01. The topological polar surface area (TPSA) is 54.0 Å². The standard InChI is InChI=1S/C15H18O5/c1-17-10-6-9-12-19-13(11-7-4-3-5-8-11)14(20-12)15(16)18-2/h3-9,12-14H,10H2,1-2H3/b9-6+/t12?,13?,14-/m1/s1. The average molecular weight is 278 g/mol. The zero-order chi connectivity index (χ0) is 14.4. The lowest BCUT2D eigenvalue weighted by atomic mass is 10.0. The van der Waals surface area contributed by atoms with Gasteiger partial charge in [0.05, 0.1) is 13.7 Å². The zero-order valence-corrected chi connectivity index (χ0v) is 11.5. The average Bonchev–Trinajstić information content (AvgIpc) is 2.92. The Hall–Kier alpha value is -1.69. The number of esters is 1. The fraction of sp³-hybridized carbons (Fsp3) is 0.400. The van der Waals surface area contributed by atoms with Crippen molar-refractivity contribution >= 4 is 5.97 Å². The molecule has 5 heteroatoms. The molecule has 1 saturated heterocycles. The first-order chi connectivity index (χ1) is 9.76. The second kappa shape index (κ2) is 7.19. The summed E-state index contributed by atoms with van der Waals surface area (Å²) in [5, 5.41) is 0. The zero-order valence-electron chi connectivity index (χ0n) is 11.5. The van der Waals surface area contributed by atoms with Gasteiger partial charge in [0.2, 0.25) is 0 Å². The van der Waals surface area contributed by atoms with E-state index in [1.54, 1.807) is 19.3 Å². The molecule has 0 bridgehead atoms. The molecule has 1 aliphatic rings. The molecule has 1 aliphatic heterocycles. The van der Waals surface area contributed by atoms with Crippen LogP contribution >= 0.6 is 0 Å². The van der Waals surface area contributed by atoms with Crippen molar-refractivity contribution in [1.82, 2.24) is 0 Å². The maximum Gasteiger partial charge on any atom is 0.338 e. The first-order valence-corrected chi connectivity index (χ1v) is 6.35. The van der Waals surface area contributed by atoms with Gasteiger partial charge < -0.3 is 18.9 Å². The third-order valence-electron chi connectivity index (χ3n) is 2.95. The van der Waals surface area contributed by atoms with Crippen molar-refractivity contribution in [2.45, 2.75) is 18.5 Å². The van der Waals surface area contributed by atoms with Crippen LogP contribution in [0.1, 0.15) is 11.7 Å². The van der Waals surface area contributed by atoms with E-state index in [4.69, 9.17) is 18.9 Å². The summed E-state index contributed by atoms with van der Waals surface area (Å²) in [6.07, 6.45) is 1.69. The van der Waals surface area contributed by atoms with E-state index in [0.29, 0.717) is 6.61 Å². The molecular formula is C15H18O5. The van der Waals surface area contributed by atoms with Crippen LogP contribution in [0.4, 0.5) is 0 Å². The Labute approximate surface area is 118 Å². The molecule has 20 heavy (non-hydrogen) atoms. The van der Waals surface area contributed by atoms with Gasteiger partial charge in [0.25, 0.3) is 0 Å². The monoisotopic (exact) mass is 278 g/mol. The molecule has 0 spiro atoms. The smallest absolute Gasteiger partial charge is 0.338 e. The van der Waals surface area contributed by atoms with E-state index < -0.39 is 24.5 Å². The van der Waals surface area contributed by atoms with Crippen LogP contribution < -0.4 is 0 Å². The molecular weight excluding hydrogens is 260 g/mol. The second-order valence-corrected chi connectivity index (χ2v) is 4.30. The Balaban J connectivity index is 2.13. The minimum absolute atomic E-state index is 0.443. The third-order valence-corrected chi connectivity index (χ3v) is 2.95. The molecule has 1 fully saturated rings. The Bertz CT molecular complexity index is 457. The molecule has 108 valence electrons. The van der Waals surface area contributed by atoms with Gasteiger partial charge in [-0.05, 0) is 11.6 Å². The normalized spacial score (nSPS) is 26.0. The highest BCUT2D eigenvalue weighted by Gasteiger charge is 2.41. The van der Waals surface area contributed by atoms with Gasteiger partial charge in [-0.25, -0.2) is 4.79 Å². The summed E-state index contributed by atoms with van der Waals surface area (Å²) in [5.74, 6) is -0.443. The molecule has 3 atom stereocenters. The Kier molecular flexibility index (Phi) is 5.29. The van der Waals surface area contributed by atoms with Crippen molar-refractivity contribution in [2.75, 3.05) is 20.8 Å². The highest BCUT2D eigenvalue weighted by molar-refractivity contribution is 5.76. The summed E-state index contributed by atoms with van der Waals surface area (Å²) >= 11 is 0. The Morgan fingerprint density at radius 1 is 1.25 bits per heavy atom. The predicted octanol–water partition coefficient (Wildman–Crippen LogP) is 1.84. The third kappa shape index (κ3) is 3.45. The molecule has 0 radical (unpaired) electrons. The van der Waals surface area contributed by atoms with Crippen molar-refractivity contribution < 1.29 is 23.7 Å². The second-order valence-electron chi connectivity index (χ2n) is 4.30. The van der Waals surface area contributed by atoms with Crippen molar-refractivity contribution in [1.29, 1.82) is 0 Å². The van der Waals surface area contributed by atoms with Gasteiger partial charge in [-0.3, -0.25) is 0 Å². The highest BCUT2D eigenvalue weighted by atomic mass is 16.7. The van der Waals surface area contributed by atoms with Gasteiger partial charge in [-0.2, -0.15) is 0 Å². The quantitative estimate of drug-likeness (QED) is 0.607. The molecule has 0 aromatic heterocycles. The van der Waals surface area contributed by atoms with E-state index in [2.05, 4.69) is 0 Å². The summed E-state index contributed by atoms with van der Waals surface area (Å²) in [7, 11) is 2.94. The number of carbonyl (C=O) groups is 1. The van der Waals surface area contributed by atoms with Crippen molar-refractivity contribution in [3.8, 4) is 0 Å². The largest absolute Gasteiger partial charge is 0.467 e. The van der Waals surface area contributed by atoms with Gasteiger partial charge in [0, 0.05) is 7.11 Å². The van der Waals surface area contributed by atoms with Crippen LogP contribution in [0.5, 0.6) is 0 Å². The number of benzene rings is 1. The summed E-state index contributed by atoms with van der Waals surface area (Å²) in [5.41, 5.74) is 0.880. The fourth-order valence-corrected chi connectivity index (χ4v) is 2.01. The number of rotatable bonds is 5. The number of hydrogen-bond acceptors (Lipinski definition) is 5. The molecule has 1 aromatic rings. The van der Waals surface area contributed by atoms with E-state index in [1.165, 1.54) is 7.11 Å². The number of hydrogen-bond donors (Lipinski definition) is 0. The van der Waals surface area contributed by atoms with E-state index in [1.807, 2.05) is 30.3 Å². The summed E-state index contributed by atoms with van der Waals surface area (Å²) in [6.45, 7) is 0.460. The van der Waals surface area contributed by atoms with Crippen LogP contribution in [0.25, 0.3) is 0 Å². The summed E-state index contributed by atoms with van der Waals surface area (Å²) < 4.78 is 21.0. The van der Waals surface area contributed by atoms with E-state index in [0.717, 1.165) is 5.56 Å². The molecule has 2 unspecified atom stereocenters. The molecule has 2 rings (SSSR count). The Morgan fingerprint density at radius 2 is 2.00 bits per heavy atom. The summed E-state index contributed by atoms with van der Waals surface area (Å²) in [6, 6.07) is 9.47. The number of carbonyl (C=O) groups excluding carboxylic acids is 1. The van der Waals surface area contributed by atoms with Crippen molar-refractivity contribution in [3.63, 3.8) is 0 Å². The number of methoxy groups -OCH3 is 2. The summed E-state index contributed by atoms with van der Waals surface area (Å²) in [4.78, 5) is 11.8. The van der Waals surface area contributed by atoms with Gasteiger partial charge in [-0.1, -0.05) is 36.4 Å². The van der Waals surface area contributed by atoms with Crippen LogP contribution in [0, 0.1) is 0 Å². The maximum atomic E-state index is 11.8. The molecule has 1 heterocycles. The first-order valence-electron chi connectivity index (χ1n) is 6.35. The lowest BCUT2D eigenvalue weighted by molar-refractivity contribution is -0.153. The van der Waals surface area contributed by atoms with Crippen molar-refractivity contribution in [2.24, 2.45) is 0 Å². The lowest BCUT2D eigenvalue weighted by Gasteiger charge is -2.14. The SMILES string of the molecule is COC/C=C/C1OC(c2ccccc2)[C@H](C(=O)OC)O1. The maximum absolute atomic E-state index is 11.8. The van der Waals surface area contributed by atoms with Crippen molar-refractivity contribution in [3.05, 3.63) is 48.0 Å². The van der Waals surface area contributed by atoms with Gasteiger partial charge in [-0.15, -0.1) is 0 Å². The molecule has 5 nitrogen and oxygen atoms in total. The van der Waals surface area contributed by atoms with Crippen LogP contribution in [-0.4, -0.2) is 39.2 Å². The molecule has 0 amide bonds. The predicted molar refractivity (Wildman–Crippen MR) is 72.0 cm³/mol. The Morgan fingerprint density at radius 3 is 2.65 bits per heavy atom. The van der Waals surface area contributed by atoms with Crippen LogP contribution in [0.2, 0.25) is 0 Å². The lowest BCUT2D eigenvalue weighted by Crippen LogP contribution is -2.27. The van der Waals surface area contributed by atoms with E-state index in [-0.39, 0.29) is 0 Å². The molecule has 1 aromatic carbocycles.